The standard InChI is InChI=1S/C44H27F4N3/c45-36-19-9-20-37(46)42(36)30-15-7-17-33(23-30)51(34-18-8-16-31(24-34)43-38(47)21-10-22-39(43)48)41-27-49-44-35(29-13-5-2-6-14-29)25-32(26-40(44)50-41)28-11-3-1-4-12-28/h1-27H. The van der Waals surface area contributed by atoms with E-state index in [9.17, 15) is 0 Å². The number of hydrogen-bond donors (Lipinski definition) is 0. The van der Waals surface area contributed by atoms with Gasteiger partial charge >= 0.3 is 0 Å². The van der Waals surface area contributed by atoms with E-state index in [-0.39, 0.29) is 11.1 Å². The third-order valence-electron chi connectivity index (χ3n) is 8.77. The van der Waals surface area contributed by atoms with Crippen molar-refractivity contribution in [3.8, 4) is 44.5 Å². The predicted octanol–water partition coefficient (Wildman–Crippen LogP) is 12.3. The zero-order valence-electron chi connectivity index (χ0n) is 26.9. The maximum absolute atomic E-state index is 15.0. The van der Waals surface area contributed by atoms with Crippen LogP contribution in [0.1, 0.15) is 0 Å². The van der Waals surface area contributed by atoms with Gasteiger partial charge in [-0.15, -0.1) is 0 Å². The number of halogens is 4. The number of nitrogens with zero attached hydrogens (tertiary/aromatic N) is 3. The number of rotatable bonds is 7. The predicted molar refractivity (Wildman–Crippen MR) is 196 cm³/mol. The van der Waals surface area contributed by atoms with Crippen LogP contribution in [0.5, 0.6) is 0 Å². The molecule has 3 nitrogen and oxygen atoms in total. The van der Waals surface area contributed by atoms with Crippen molar-refractivity contribution in [3.63, 3.8) is 0 Å². The molecule has 1 aromatic heterocycles. The molecule has 0 saturated carbocycles. The van der Waals surface area contributed by atoms with Crippen molar-refractivity contribution in [2.45, 2.75) is 0 Å². The van der Waals surface area contributed by atoms with Gasteiger partial charge in [-0.2, -0.15) is 0 Å². The number of hydrogen-bond acceptors (Lipinski definition) is 3. The molecule has 0 aliphatic carbocycles. The first-order valence-electron chi connectivity index (χ1n) is 16.3. The minimum absolute atomic E-state index is 0.175. The molecule has 0 amide bonds. The zero-order valence-corrected chi connectivity index (χ0v) is 26.9. The second kappa shape index (κ2) is 13.4. The van der Waals surface area contributed by atoms with Crippen LogP contribution >= 0.6 is 0 Å². The van der Waals surface area contributed by atoms with Crippen LogP contribution < -0.4 is 4.90 Å². The monoisotopic (exact) mass is 673 g/mol. The third kappa shape index (κ3) is 6.10. The Morgan fingerprint density at radius 3 is 1.41 bits per heavy atom. The molecule has 0 fully saturated rings. The van der Waals surface area contributed by atoms with Gasteiger partial charge in [0.2, 0.25) is 0 Å². The van der Waals surface area contributed by atoms with Crippen LogP contribution in [0.15, 0.2) is 164 Å². The number of fused-ring (bicyclic) bond motifs is 1. The topological polar surface area (TPSA) is 29.0 Å². The van der Waals surface area contributed by atoms with E-state index in [4.69, 9.17) is 9.97 Å². The van der Waals surface area contributed by atoms with Gasteiger partial charge in [0.1, 0.15) is 23.3 Å². The highest BCUT2D eigenvalue weighted by molar-refractivity contribution is 5.96. The summed E-state index contributed by atoms with van der Waals surface area (Å²) in [6, 6.07) is 44.9. The van der Waals surface area contributed by atoms with E-state index in [0.29, 0.717) is 39.4 Å². The van der Waals surface area contributed by atoms with Gasteiger partial charge in [-0.25, -0.2) is 22.5 Å². The lowest BCUT2D eigenvalue weighted by molar-refractivity contribution is 0.589. The Bertz CT molecular complexity index is 2400. The van der Waals surface area contributed by atoms with Crippen LogP contribution in [-0.2, 0) is 0 Å². The van der Waals surface area contributed by atoms with Gasteiger partial charge in [-0.3, -0.25) is 9.88 Å². The molecule has 8 aromatic rings. The molecule has 0 saturated heterocycles. The highest BCUT2D eigenvalue weighted by Gasteiger charge is 2.21. The van der Waals surface area contributed by atoms with Crippen molar-refractivity contribution in [2.75, 3.05) is 4.90 Å². The van der Waals surface area contributed by atoms with E-state index in [1.807, 2.05) is 66.7 Å². The summed E-state index contributed by atoms with van der Waals surface area (Å²) in [5, 5.41) is 0. The summed E-state index contributed by atoms with van der Waals surface area (Å²) in [5.41, 5.74) is 6.33. The summed E-state index contributed by atoms with van der Waals surface area (Å²) in [4.78, 5) is 11.8. The molecule has 246 valence electrons. The van der Waals surface area contributed by atoms with Crippen molar-refractivity contribution in [1.82, 2.24) is 9.97 Å². The van der Waals surface area contributed by atoms with Crippen LogP contribution in [0, 0.1) is 23.3 Å². The molecule has 0 radical (unpaired) electrons. The average Bonchev–Trinajstić information content (AvgIpc) is 3.15. The minimum atomic E-state index is -0.705. The van der Waals surface area contributed by atoms with Gasteiger partial charge in [0.25, 0.3) is 0 Å². The van der Waals surface area contributed by atoms with E-state index in [0.717, 1.165) is 22.3 Å². The summed E-state index contributed by atoms with van der Waals surface area (Å²) in [5.74, 6) is -2.44. The fourth-order valence-electron chi connectivity index (χ4n) is 6.42. The van der Waals surface area contributed by atoms with Crippen molar-refractivity contribution in [3.05, 3.63) is 187 Å². The van der Waals surface area contributed by atoms with Gasteiger partial charge in [-0.1, -0.05) is 97.1 Å². The Balaban J connectivity index is 1.36. The lowest BCUT2D eigenvalue weighted by Crippen LogP contribution is -2.12. The fraction of sp³-hybridized carbons (Fsp3) is 0. The normalized spacial score (nSPS) is 11.1. The maximum Gasteiger partial charge on any atom is 0.156 e. The molecule has 0 bridgehead atoms. The first kappa shape index (κ1) is 31.7. The molecule has 7 heteroatoms. The minimum Gasteiger partial charge on any atom is -0.294 e. The third-order valence-corrected chi connectivity index (χ3v) is 8.77. The lowest BCUT2D eigenvalue weighted by atomic mass is 9.97. The van der Waals surface area contributed by atoms with Crippen LogP contribution in [0.3, 0.4) is 0 Å². The number of benzene rings is 7. The number of aromatic nitrogens is 2. The van der Waals surface area contributed by atoms with Gasteiger partial charge in [0.05, 0.1) is 28.4 Å². The Morgan fingerprint density at radius 1 is 0.412 bits per heavy atom. The summed E-state index contributed by atoms with van der Waals surface area (Å²) >= 11 is 0. The SMILES string of the molecule is Fc1cccc(F)c1-c1cccc(N(c2cccc(-c3c(F)cccc3F)c2)c2cnc3c(-c4ccccc4)cc(-c4ccccc4)cc3n2)c1. The zero-order chi connectivity index (χ0) is 34.9. The Morgan fingerprint density at radius 2 is 0.882 bits per heavy atom. The highest BCUT2D eigenvalue weighted by Crippen LogP contribution is 2.40. The molecular weight excluding hydrogens is 646 g/mol. The van der Waals surface area contributed by atoms with E-state index in [1.54, 1.807) is 59.6 Å². The second-order valence-corrected chi connectivity index (χ2v) is 12.0. The molecule has 0 aliphatic rings. The van der Waals surface area contributed by atoms with E-state index >= 15 is 17.6 Å². The van der Waals surface area contributed by atoms with Crippen LogP contribution in [-0.4, -0.2) is 9.97 Å². The summed E-state index contributed by atoms with van der Waals surface area (Å²) in [7, 11) is 0. The Hall–Kier alpha value is -6.60. The average molecular weight is 674 g/mol. The first-order chi connectivity index (χ1) is 24.9. The molecule has 8 rings (SSSR count). The molecule has 0 unspecified atom stereocenters. The van der Waals surface area contributed by atoms with Crippen LogP contribution in [0.4, 0.5) is 34.8 Å². The molecule has 0 atom stereocenters. The maximum atomic E-state index is 15.0. The molecule has 51 heavy (non-hydrogen) atoms. The quantitative estimate of drug-likeness (QED) is 0.158. The van der Waals surface area contributed by atoms with Crippen molar-refractivity contribution < 1.29 is 17.6 Å². The summed E-state index contributed by atoms with van der Waals surface area (Å²) in [6.45, 7) is 0. The van der Waals surface area contributed by atoms with Crippen LogP contribution in [0.25, 0.3) is 55.5 Å². The second-order valence-electron chi connectivity index (χ2n) is 12.0. The van der Waals surface area contributed by atoms with Gasteiger partial charge in [0, 0.05) is 16.9 Å². The molecular formula is C44H27F4N3. The molecule has 0 spiro atoms. The molecule has 0 N–H and O–H groups in total. The number of anilines is 3. The van der Waals surface area contributed by atoms with Crippen molar-refractivity contribution >= 4 is 28.2 Å². The fourth-order valence-corrected chi connectivity index (χ4v) is 6.42. The largest absolute Gasteiger partial charge is 0.294 e. The van der Waals surface area contributed by atoms with Gasteiger partial charge in [0.15, 0.2) is 5.82 Å². The van der Waals surface area contributed by atoms with Gasteiger partial charge < -0.3 is 0 Å². The Labute approximate surface area is 291 Å². The lowest BCUT2D eigenvalue weighted by Gasteiger charge is -2.26. The van der Waals surface area contributed by atoms with Crippen LogP contribution in [0.2, 0.25) is 0 Å². The van der Waals surface area contributed by atoms with E-state index in [2.05, 4.69) is 6.07 Å². The molecule has 7 aromatic carbocycles. The Kier molecular flexibility index (Phi) is 8.30. The smallest absolute Gasteiger partial charge is 0.156 e. The van der Waals surface area contributed by atoms with Gasteiger partial charge in [-0.05, 0) is 88.5 Å². The van der Waals surface area contributed by atoms with Crippen molar-refractivity contribution in [1.29, 1.82) is 0 Å². The first-order valence-corrected chi connectivity index (χ1v) is 16.3. The molecule has 0 aliphatic heterocycles. The van der Waals surface area contributed by atoms with Crippen molar-refractivity contribution in [2.24, 2.45) is 0 Å². The summed E-state index contributed by atoms with van der Waals surface area (Å²) < 4.78 is 60.1. The summed E-state index contributed by atoms with van der Waals surface area (Å²) in [6.07, 6.45) is 1.63. The van der Waals surface area contributed by atoms with E-state index < -0.39 is 23.3 Å². The van der Waals surface area contributed by atoms with E-state index in [1.165, 1.54) is 36.4 Å². The highest BCUT2D eigenvalue weighted by atomic mass is 19.1. The molecule has 1 heterocycles.